The maximum atomic E-state index is 13.3. The molecule has 0 atom stereocenters. The zero-order chi connectivity index (χ0) is 24.8. The van der Waals surface area contributed by atoms with E-state index in [0.717, 1.165) is 5.56 Å². The van der Waals surface area contributed by atoms with Gasteiger partial charge < -0.3 is 14.8 Å². The third kappa shape index (κ3) is 5.98. The molecule has 2 aromatic carbocycles. The number of rotatable bonds is 8. The largest absolute Gasteiger partial charge is 0.461 e. The van der Waals surface area contributed by atoms with Gasteiger partial charge in [0.05, 0.1) is 13.2 Å². The second-order valence-corrected chi connectivity index (χ2v) is 7.61. The molecule has 4 rings (SSSR count). The maximum absolute atomic E-state index is 13.3. The molecule has 0 spiro atoms. The molecular weight excluding hydrogens is 477 g/mol. The molecule has 178 valence electrons. The highest BCUT2D eigenvalue weighted by molar-refractivity contribution is 6.30. The Morgan fingerprint density at radius 2 is 1.80 bits per heavy atom. The molecule has 0 aliphatic rings. The fraction of sp³-hybridized carbons (Fsp3) is 0.125. The molecule has 0 unspecified atom stereocenters. The minimum Gasteiger partial charge on any atom is -0.461 e. The molecule has 0 saturated carbocycles. The number of nitrogens with zero attached hydrogens (tertiary/aromatic N) is 4. The van der Waals surface area contributed by atoms with Gasteiger partial charge in [-0.3, -0.25) is 9.36 Å². The third-order valence-electron chi connectivity index (χ3n) is 4.72. The predicted octanol–water partition coefficient (Wildman–Crippen LogP) is 4.59. The van der Waals surface area contributed by atoms with E-state index >= 15 is 0 Å². The van der Waals surface area contributed by atoms with Crippen LogP contribution in [-0.2, 0) is 11.3 Å². The summed E-state index contributed by atoms with van der Waals surface area (Å²) in [4.78, 5) is 28.8. The van der Waals surface area contributed by atoms with E-state index < -0.39 is 23.2 Å². The van der Waals surface area contributed by atoms with Crippen LogP contribution in [0, 0.1) is 5.95 Å². The van der Waals surface area contributed by atoms with Crippen LogP contribution in [0.3, 0.4) is 0 Å². The van der Waals surface area contributed by atoms with Gasteiger partial charge in [-0.05, 0) is 55.0 Å². The van der Waals surface area contributed by atoms with Gasteiger partial charge in [0.15, 0.2) is 0 Å². The van der Waals surface area contributed by atoms with Crippen molar-refractivity contribution in [3.8, 4) is 11.5 Å². The SMILES string of the molecule is CCOC(=O)c1nnc(Nc2ccc(Oc3ccnc(F)c3)cc2)n(Cc2ccc(Cl)cc2)c1=O. The van der Waals surface area contributed by atoms with Crippen molar-refractivity contribution < 1.29 is 18.7 Å². The second kappa shape index (κ2) is 10.7. The highest BCUT2D eigenvalue weighted by atomic mass is 35.5. The Bertz CT molecular complexity index is 1390. The summed E-state index contributed by atoms with van der Waals surface area (Å²) < 4.78 is 25.1. The molecule has 0 aliphatic heterocycles. The summed E-state index contributed by atoms with van der Waals surface area (Å²) in [7, 11) is 0. The molecule has 11 heteroatoms. The standard InChI is InChI=1S/C24H19ClFN5O4/c1-2-34-23(33)21-22(32)31(14-15-3-5-16(25)6-4-15)24(30-29-21)28-17-7-9-18(10-8-17)35-19-11-12-27-20(26)13-19/h3-13H,2,14H2,1H3,(H,28,30). The van der Waals surface area contributed by atoms with Crippen molar-refractivity contribution in [2.24, 2.45) is 0 Å². The van der Waals surface area contributed by atoms with E-state index in [2.05, 4.69) is 20.5 Å². The molecule has 0 amide bonds. The molecule has 4 aromatic rings. The Kier molecular flexibility index (Phi) is 7.32. The van der Waals surface area contributed by atoms with E-state index in [1.54, 1.807) is 55.5 Å². The first-order valence-corrected chi connectivity index (χ1v) is 10.9. The van der Waals surface area contributed by atoms with E-state index in [4.69, 9.17) is 21.1 Å². The Morgan fingerprint density at radius 3 is 2.49 bits per heavy atom. The fourth-order valence-electron chi connectivity index (χ4n) is 3.08. The number of aromatic nitrogens is 4. The van der Waals surface area contributed by atoms with Gasteiger partial charge in [-0.2, -0.15) is 4.39 Å². The van der Waals surface area contributed by atoms with Crippen LogP contribution in [0.2, 0.25) is 5.02 Å². The zero-order valence-corrected chi connectivity index (χ0v) is 19.2. The van der Waals surface area contributed by atoms with Gasteiger partial charge in [0.25, 0.3) is 5.56 Å². The number of carbonyl (C=O) groups is 1. The number of esters is 1. The van der Waals surface area contributed by atoms with Crippen molar-refractivity contribution in [2.45, 2.75) is 13.5 Å². The summed E-state index contributed by atoms with van der Waals surface area (Å²) in [6.45, 7) is 1.83. The molecule has 2 aromatic heterocycles. The van der Waals surface area contributed by atoms with E-state index in [-0.39, 0.29) is 19.1 Å². The topological polar surface area (TPSA) is 108 Å². The lowest BCUT2D eigenvalue weighted by Crippen LogP contribution is -2.32. The van der Waals surface area contributed by atoms with E-state index in [0.29, 0.717) is 22.2 Å². The Morgan fingerprint density at radius 1 is 1.06 bits per heavy atom. The van der Waals surface area contributed by atoms with Crippen LogP contribution >= 0.6 is 11.6 Å². The molecule has 2 heterocycles. The quantitative estimate of drug-likeness (QED) is 0.279. The van der Waals surface area contributed by atoms with Crippen molar-refractivity contribution in [3.05, 3.63) is 99.4 Å². The van der Waals surface area contributed by atoms with Gasteiger partial charge in [-0.15, -0.1) is 10.2 Å². The van der Waals surface area contributed by atoms with Gasteiger partial charge in [-0.1, -0.05) is 23.7 Å². The molecule has 1 N–H and O–H groups in total. The summed E-state index contributed by atoms with van der Waals surface area (Å²) in [5, 5.41) is 11.4. The normalized spacial score (nSPS) is 10.6. The van der Waals surface area contributed by atoms with Crippen LogP contribution < -0.4 is 15.6 Å². The lowest BCUT2D eigenvalue weighted by atomic mass is 10.2. The van der Waals surface area contributed by atoms with Gasteiger partial charge >= 0.3 is 5.97 Å². The van der Waals surface area contributed by atoms with Gasteiger partial charge in [0.1, 0.15) is 11.5 Å². The van der Waals surface area contributed by atoms with E-state index in [1.165, 1.54) is 22.9 Å². The molecule has 0 fully saturated rings. The zero-order valence-electron chi connectivity index (χ0n) is 18.4. The second-order valence-electron chi connectivity index (χ2n) is 7.18. The first-order chi connectivity index (χ1) is 16.9. The van der Waals surface area contributed by atoms with Crippen molar-refractivity contribution in [1.82, 2.24) is 19.7 Å². The molecule has 35 heavy (non-hydrogen) atoms. The molecule has 0 radical (unpaired) electrons. The molecule has 0 aliphatic carbocycles. The van der Waals surface area contributed by atoms with Crippen LogP contribution in [-0.4, -0.2) is 32.3 Å². The summed E-state index contributed by atoms with van der Waals surface area (Å²) in [6, 6.07) is 16.3. The average molecular weight is 496 g/mol. The Labute approximate surface area is 204 Å². The molecular formula is C24H19ClFN5O4. The number of benzene rings is 2. The molecule has 0 saturated heterocycles. The number of anilines is 2. The van der Waals surface area contributed by atoms with Crippen molar-refractivity contribution in [2.75, 3.05) is 11.9 Å². The van der Waals surface area contributed by atoms with E-state index in [1.807, 2.05) is 0 Å². The van der Waals surface area contributed by atoms with Gasteiger partial charge in [0, 0.05) is 23.0 Å². The van der Waals surface area contributed by atoms with Gasteiger partial charge in [-0.25, -0.2) is 9.78 Å². The minimum absolute atomic E-state index is 0.0949. The van der Waals surface area contributed by atoms with Crippen LogP contribution in [0.1, 0.15) is 23.0 Å². The number of pyridine rings is 1. The smallest absolute Gasteiger partial charge is 0.364 e. The number of nitrogens with one attached hydrogen (secondary N) is 1. The first kappa shape index (κ1) is 23.8. The van der Waals surface area contributed by atoms with E-state index in [9.17, 15) is 14.0 Å². The lowest BCUT2D eigenvalue weighted by Gasteiger charge is -2.14. The fourth-order valence-corrected chi connectivity index (χ4v) is 3.20. The predicted molar refractivity (Wildman–Crippen MR) is 127 cm³/mol. The van der Waals surface area contributed by atoms with Crippen LogP contribution in [0.4, 0.5) is 16.0 Å². The van der Waals surface area contributed by atoms with Crippen LogP contribution in [0.25, 0.3) is 0 Å². The summed E-state index contributed by atoms with van der Waals surface area (Å²) in [5.41, 5.74) is 0.256. The highest BCUT2D eigenvalue weighted by Gasteiger charge is 2.20. The Hall–Kier alpha value is -4.31. The average Bonchev–Trinajstić information content (AvgIpc) is 2.84. The summed E-state index contributed by atoms with van der Waals surface area (Å²) in [6.07, 6.45) is 1.30. The lowest BCUT2D eigenvalue weighted by molar-refractivity contribution is 0.0514. The maximum Gasteiger partial charge on any atom is 0.364 e. The Balaban J connectivity index is 1.61. The highest BCUT2D eigenvalue weighted by Crippen LogP contribution is 2.24. The molecule has 9 nitrogen and oxygen atoms in total. The number of hydrogen-bond donors (Lipinski definition) is 1. The van der Waals surface area contributed by atoms with Crippen molar-refractivity contribution in [1.29, 1.82) is 0 Å². The minimum atomic E-state index is -0.851. The van der Waals surface area contributed by atoms with Crippen molar-refractivity contribution >= 4 is 29.2 Å². The van der Waals surface area contributed by atoms with Crippen molar-refractivity contribution in [3.63, 3.8) is 0 Å². The molecule has 0 bridgehead atoms. The number of ether oxygens (including phenoxy) is 2. The van der Waals surface area contributed by atoms with Crippen LogP contribution in [0.15, 0.2) is 71.7 Å². The third-order valence-corrected chi connectivity index (χ3v) is 4.97. The number of hydrogen-bond acceptors (Lipinski definition) is 8. The monoisotopic (exact) mass is 495 g/mol. The number of carbonyl (C=O) groups excluding carboxylic acids is 1. The van der Waals surface area contributed by atoms with Crippen LogP contribution in [0.5, 0.6) is 11.5 Å². The summed E-state index contributed by atoms with van der Waals surface area (Å²) >= 11 is 5.96. The first-order valence-electron chi connectivity index (χ1n) is 10.5. The summed E-state index contributed by atoms with van der Waals surface area (Å²) in [5.74, 6) is -0.624. The number of halogens is 2. The van der Waals surface area contributed by atoms with Gasteiger partial charge in [0.2, 0.25) is 17.6 Å².